The molecule has 0 bridgehead atoms. The van der Waals surface area contributed by atoms with Gasteiger partial charge in [-0.3, -0.25) is 4.99 Å². The number of nitrogens with one attached hydrogen (secondary N) is 2. The molecule has 0 aliphatic carbocycles. The fourth-order valence-electron chi connectivity index (χ4n) is 2.74. The van der Waals surface area contributed by atoms with E-state index in [0.717, 1.165) is 11.5 Å². The molecule has 1 saturated heterocycles. The van der Waals surface area contributed by atoms with E-state index < -0.39 is 15.5 Å². The largest absolute Gasteiger partial charge is 0.511 e. The molecule has 2 N–H and O–H groups in total. The average molecular weight is 411 g/mol. The molecule has 0 aromatic carbocycles. The van der Waals surface area contributed by atoms with Gasteiger partial charge < -0.3 is 15.1 Å². The fraction of sp³-hybridized carbons (Fsp3) is 0.733. The zero-order valence-electron chi connectivity index (χ0n) is 15.4. The molecule has 1 aromatic heterocycles. The number of nitrogens with zero attached hydrogens (tertiary/aromatic N) is 3. The van der Waals surface area contributed by atoms with Crippen molar-refractivity contribution in [2.24, 2.45) is 10.9 Å². The number of aryl methyl sites for hydroxylation is 2. The first-order chi connectivity index (χ1) is 12.5. The van der Waals surface area contributed by atoms with Crippen LogP contribution >= 0.6 is 0 Å². The fourth-order valence-corrected chi connectivity index (χ4v) is 3.72. The van der Waals surface area contributed by atoms with Gasteiger partial charge in [0.2, 0.25) is 5.89 Å². The summed E-state index contributed by atoms with van der Waals surface area (Å²) in [7, 11) is -3.64. The van der Waals surface area contributed by atoms with E-state index in [1.807, 2.05) is 13.8 Å². The molecule has 1 aliphatic rings. The molecule has 1 aromatic rings. The summed E-state index contributed by atoms with van der Waals surface area (Å²) in [5.74, 6) is 1.83. The van der Waals surface area contributed by atoms with E-state index in [-0.39, 0.29) is 19.0 Å². The number of alkyl halides is 3. The predicted octanol–water partition coefficient (Wildman–Crippen LogP) is 1.52. The predicted molar refractivity (Wildman–Crippen MR) is 93.5 cm³/mol. The molecule has 154 valence electrons. The normalized spacial score (nSPS) is 17.9. The average Bonchev–Trinajstić information content (AvgIpc) is 2.92. The monoisotopic (exact) mass is 411 g/mol. The SMILES string of the molecule is CN=C(NCc1nc(C)c(C)o1)NCC1CCN(S(=O)(=O)C(F)(F)F)CC1. The van der Waals surface area contributed by atoms with Gasteiger partial charge in [-0.05, 0) is 32.6 Å². The molecule has 0 unspecified atom stereocenters. The highest BCUT2D eigenvalue weighted by Crippen LogP contribution is 2.30. The molecule has 0 radical (unpaired) electrons. The Morgan fingerprint density at radius 1 is 1.30 bits per heavy atom. The van der Waals surface area contributed by atoms with Crippen LogP contribution in [0.25, 0.3) is 0 Å². The van der Waals surface area contributed by atoms with E-state index in [0.29, 0.717) is 42.1 Å². The highest BCUT2D eigenvalue weighted by Gasteiger charge is 2.50. The molecule has 2 rings (SSSR count). The summed E-state index contributed by atoms with van der Waals surface area (Å²) in [6.45, 7) is 4.20. The zero-order chi connectivity index (χ0) is 20.2. The summed E-state index contributed by atoms with van der Waals surface area (Å²) in [4.78, 5) is 8.32. The van der Waals surface area contributed by atoms with Gasteiger partial charge in [-0.2, -0.15) is 17.5 Å². The molecule has 0 atom stereocenters. The Bertz CT molecular complexity index is 749. The maximum atomic E-state index is 12.6. The van der Waals surface area contributed by atoms with Crippen molar-refractivity contribution in [3.8, 4) is 0 Å². The van der Waals surface area contributed by atoms with Crippen molar-refractivity contribution in [3.63, 3.8) is 0 Å². The lowest BCUT2D eigenvalue weighted by atomic mass is 9.98. The second kappa shape index (κ2) is 8.46. The molecule has 2 heterocycles. The van der Waals surface area contributed by atoms with Gasteiger partial charge in [0, 0.05) is 26.7 Å². The Morgan fingerprint density at radius 3 is 2.41 bits per heavy atom. The van der Waals surface area contributed by atoms with E-state index in [1.165, 1.54) is 0 Å². The number of sulfonamides is 1. The van der Waals surface area contributed by atoms with Crippen molar-refractivity contribution in [2.75, 3.05) is 26.7 Å². The Balaban J connectivity index is 1.78. The van der Waals surface area contributed by atoms with Gasteiger partial charge in [-0.15, -0.1) is 0 Å². The van der Waals surface area contributed by atoms with Crippen molar-refractivity contribution >= 4 is 16.0 Å². The molecule has 12 heteroatoms. The number of aliphatic imine (C=N–C) groups is 1. The van der Waals surface area contributed by atoms with Crippen molar-refractivity contribution in [1.29, 1.82) is 0 Å². The second-order valence-electron chi connectivity index (χ2n) is 6.35. The maximum Gasteiger partial charge on any atom is 0.511 e. The van der Waals surface area contributed by atoms with Crippen LogP contribution in [0.2, 0.25) is 0 Å². The van der Waals surface area contributed by atoms with E-state index in [4.69, 9.17) is 4.42 Å². The van der Waals surface area contributed by atoms with Crippen molar-refractivity contribution in [2.45, 2.75) is 38.7 Å². The first-order valence-corrected chi connectivity index (χ1v) is 9.92. The van der Waals surface area contributed by atoms with Gasteiger partial charge in [-0.1, -0.05) is 0 Å². The van der Waals surface area contributed by atoms with Crippen LogP contribution in [0.1, 0.15) is 30.2 Å². The van der Waals surface area contributed by atoms with E-state index >= 15 is 0 Å². The van der Waals surface area contributed by atoms with Gasteiger partial charge in [0.15, 0.2) is 5.96 Å². The smallest absolute Gasteiger partial charge is 0.444 e. The van der Waals surface area contributed by atoms with Gasteiger partial charge >= 0.3 is 15.5 Å². The van der Waals surface area contributed by atoms with Crippen LogP contribution in [0, 0.1) is 19.8 Å². The Hall–Kier alpha value is -1.82. The lowest BCUT2D eigenvalue weighted by molar-refractivity contribution is -0.0496. The molecular formula is C15H24F3N5O3S. The molecule has 1 fully saturated rings. The van der Waals surface area contributed by atoms with Gasteiger partial charge in [0.05, 0.1) is 12.2 Å². The topological polar surface area (TPSA) is 99.8 Å². The van der Waals surface area contributed by atoms with Crippen LogP contribution in [-0.4, -0.2) is 55.9 Å². The molecule has 0 amide bonds. The Kier molecular flexibility index (Phi) is 6.73. The molecule has 0 spiro atoms. The zero-order valence-corrected chi connectivity index (χ0v) is 16.2. The van der Waals surface area contributed by atoms with Crippen LogP contribution in [0.3, 0.4) is 0 Å². The van der Waals surface area contributed by atoms with Crippen LogP contribution in [0.5, 0.6) is 0 Å². The molecule has 8 nitrogen and oxygen atoms in total. The number of hydrogen-bond donors (Lipinski definition) is 2. The second-order valence-corrected chi connectivity index (χ2v) is 8.28. The standard InChI is InChI=1S/C15H24F3N5O3S/c1-10-11(2)26-13(22-10)9-21-14(19-3)20-8-12-4-6-23(7-5-12)27(24,25)15(16,17)18/h12H,4-9H2,1-3H3,(H2,19,20,21). The summed E-state index contributed by atoms with van der Waals surface area (Å²) in [6, 6.07) is 0. The van der Waals surface area contributed by atoms with E-state index in [9.17, 15) is 21.6 Å². The quantitative estimate of drug-likeness (QED) is 0.563. The van der Waals surface area contributed by atoms with Crippen molar-refractivity contribution < 1.29 is 26.0 Å². The van der Waals surface area contributed by atoms with Crippen LogP contribution in [0.15, 0.2) is 9.41 Å². The highest BCUT2D eigenvalue weighted by molar-refractivity contribution is 7.90. The molecular weight excluding hydrogens is 387 g/mol. The number of hydrogen-bond acceptors (Lipinski definition) is 5. The summed E-state index contributed by atoms with van der Waals surface area (Å²) in [5.41, 5.74) is -4.43. The minimum Gasteiger partial charge on any atom is -0.444 e. The third-order valence-electron chi connectivity index (χ3n) is 4.47. The van der Waals surface area contributed by atoms with Crippen molar-refractivity contribution in [3.05, 3.63) is 17.3 Å². The lowest BCUT2D eigenvalue weighted by Crippen LogP contribution is -2.47. The van der Waals surface area contributed by atoms with Gasteiger partial charge in [-0.25, -0.2) is 13.4 Å². The molecule has 27 heavy (non-hydrogen) atoms. The number of piperidine rings is 1. The van der Waals surface area contributed by atoms with Gasteiger partial charge in [0.1, 0.15) is 5.76 Å². The highest BCUT2D eigenvalue weighted by atomic mass is 32.2. The summed E-state index contributed by atoms with van der Waals surface area (Å²) < 4.78 is 66.6. The lowest BCUT2D eigenvalue weighted by Gasteiger charge is -2.31. The van der Waals surface area contributed by atoms with Crippen molar-refractivity contribution in [1.82, 2.24) is 19.9 Å². The van der Waals surface area contributed by atoms with Crippen LogP contribution in [0.4, 0.5) is 13.2 Å². The summed E-state index contributed by atoms with van der Waals surface area (Å²) >= 11 is 0. The maximum absolute atomic E-state index is 12.6. The third-order valence-corrected chi connectivity index (χ3v) is 6.10. The minimum atomic E-state index is -5.25. The number of rotatable bonds is 5. The minimum absolute atomic E-state index is 0.0504. The first kappa shape index (κ1) is 21.5. The number of oxazole rings is 1. The number of guanidine groups is 1. The Morgan fingerprint density at radius 2 is 1.93 bits per heavy atom. The summed E-state index contributed by atoms with van der Waals surface area (Å²) in [5, 5.41) is 6.14. The van der Waals surface area contributed by atoms with Crippen LogP contribution < -0.4 is 10.6 Å². The Labute approximate surface area is 156 Å². The summed E-state index contributed by atoms with van der Waals surface area (Å²) in [6.07, 6.45) is 0.689. The molecule has 0 saturated carbocycles. The third kappa shape index (κ3) is 5.34. The first-order valence-electron chi connectivity index (χ1n) is 8.48. The van der Waals surface area contributed by atoms with Gasteiger partial charge in [0.25, 0.3) is 0 Å². The van der Waals surface area contributed by atoms with E-state index in [2.05, 4.69) is 20.6 Å². The number of halogens is 3. The number of aromatic nitrogens is 1. The van der Waals surface area contributed by atoms with E-state index in [1.54, 1.807) is 7.05 Å². The molecule has 1 aliphatic heterocycles. The van der Waals surface area contributed by atoms with Crippen LogP contribution in [-0.2, 0) is 16.6 Å².